The Morgan fingerprint density at radius 3 is 2.03 bits per heavy atom. The van der Waals surface area contributed by atoms with E-state index in [4.69, 9.17) is 0 Å². The molecule has 1 aliphatic rings. The Bertz CT molecular complexity index is 948. The van der Waals surface area contributed by atoms with Crippen LogP contribution >= 0.6 is 0 Å². The van der Waals surface area contributed by atoms with E-state index in [1.54, 1.807) is 18.2 Å². The van der Waals surface area contributed by atoms with Crippen LogP contribution in [0.25, 0.3) is 0 Å². The first kappa shape index (κ1) is 22.1. The molecule has 2 N–H and O–H groups in total. The largest absolute Gasteiger partial charge is 0.478 e. The molecule has 0 spiro atoms. The molecule has 2 atom stereocenters. The fourth-order valence-electron chi connectivity index (χ4n) is 5.57. The second-order valence-corrected chi connectivity index (χ2v) is 8.91. The summed E-state index contributed by atoms with van der Waals surface area (Å²) in [5.41, 5.74) is 2.60. The lowest BCUT2D eigenvalue weighted by Gasteiger charge is -2.35. The highest BCUT2D eigenvalue weighted by Crippen LogP contribution is 2.58. The zero-order chi connectivity index (χ0) is 21.9. The SMILES string of the molecule is CCCCC1(C)CC(CCCC)(c2ccccc2C(=O)O)c2cccc(C(=O)O)c21. The molecule has 160 valence electrons. The second kappa shape index (κ2) is 8.63. The summed E-state index contributed by atoms with van der Waals surface area (Å²) in [6.07, 6.45) is 6.44. The van der Waals surface area contributed by atoms with Gasteiger partial charge in [-0.25, -0.2) is 9.59 Å². The third kappa shape index (κ3) is 3.64. The minimum absolute atomic E-state index is 0.306. The van der Waals surface area contributed by atoms with Gasteiger partial charge >= 0.3 is 11.9 Å². The molecule has 4 nitrogen and oxygen atoms in total. The lowest BCUT2D eigenvalue weighted by molar-refractivity contribution is 0.0683. The molecule has 30 heavy (non-hydrogen) atoms. The molecule has 0 saturated carbocycles. The lowest BCUT2D eigenvalue weighted by atomic mass is 9.68. The molecule has 0 heterocycles. The number of benzene rings is 2. The molecule has 2 aromatic carbocycles. The molecule has 0 aliphatic heterocycles. The maximum Gasteiger partial charge on any atom is 0.335 e. The summed E-state index contributed by atoms with van der Waals surface area (Å²) < 4.78 is 0. The van der Waals surface area contributed by atoms with E-state index in [0.29, 0.717) is 11.1 Å². The standard InChI is InChI=1S/C26H32O4/c1-4-6-15-25(3)17-26(16-7-5-2,20-13-9-8-11-18(20)23(27)28)21-14-10-12-19(22(21)25)24(29)30/h8-14H,4-7,15-17H2,1-3H3,(H,27,28)(H,29,30). The first-order valence-electron chi connectivity index (χ1n) is 11.0. The molecular weight excluding hydrogens is 376 g/mol. The Hall–Kier alpha value is -2.62. The van der Waals surface area contributed by atoms with E-state index >= 15 is 0 Å². The molecule has 2 aromatic rings. The molecule has 2 unspecified atom stereocenters. The van der Waals surface area contributed by atoms with Crippen LogP contribution in [0.15, 0.2) is 42.5 Å². The number of fused-ring (bicyclic) bond motifs is 1. The number of carbonyl (C=O) groups is 2. The molecule has 0 amide bonds. The Labute approximate surface area is 179 Å². The smallest absolute Gasteiger partial charge is 0.335 e. The van der Waals surface area contributed by atoms with Gasteiger partial charge in [-0.1, -0.05) is 76.8 Å². The summed E-state index contributed by atoms with van der Waals surface area (Å²) in [5.74, 6) is -1.84. The Morgan fingerprint density at radius 2 is 1.40 bits per heavy atom. The zero-order valence-corrected chi connectivity index (χ0v) is 18.2. The predicted octanol–water partition coefficient (Wildman–Crippen LogP) is 6.41. The van der Waals surface area contributed by atoms with Crippen LogP contribution in [-0.4, -0.2) is 22.2 Å². The fraction of sp³-hybridized carbons (Fsp3) is 0.462. The fourth-order valence-corrected chi connectivity index (χ4v) is 5.57. The number of rotatable bonds is 9. The van der Waals surface area contributed by atoms with Crippen molar-refractivity contribution in [2.75, 3.05) is 0 Å². The van der Waals surface area contributed by atoms with Gasteiger partial charge in [0.25, 0.3) is 0 Å². The Balaban J connectivity index is 2.35. The molecule has 0 aromatic heterocycles. The van der Waals surface area contributed by atoms with Crippen LogP contribution in [-0.2, 0) is 10.8 Å². The van der Waals surface area contributed by atoms with Gasteiger partial charge in [0.2, 0.25) is 0 Å². The van der Waals surface area contributed by atoms with Crippen molar-refractivity contribution >= 4 is 11.9 Å². The molecule has 0 radical (unpaired) electrons. The van der Waals surface area contributed by atoms with Crippen LogP contribution in [0, 0.1) is 0 Å². The van der Waals surface area contributed by atoms with Crippen molar-refractivity contribution in [1.29, 1.82) is 0 Å². The van der Waals surface area contributed by atoms with Gasteiger partial charge in [0.15, 0.2) is 0 Å². The van der Waals surface area contributed by atoms with E-state index < -0.39 is 17.4 Å². The molecule has 0 fully saturated rings. The van der Waals surface area contributed by atoms with Gasteiger partial charge in [-0.05, 0) is 53.5 Å². The summed E-state index contributed by atoms with van der Waals surface area (Å²) in [7, 11) is 0. The second-order valence-electron chi connectivity index (χ2n) is 8.91. The van der Waals surface area contributed by atoms with Gasteiger partial charge < -0.3 is 10.2 Å². The van der Waals surface area contributed by atoms with E-state index in [9.17, 15) is 19.8 Å². The summed E-state index contributed by atoms with van der Waals surface area (Å²) >= 11 is 0. The molecule has 1 aliphatic carbocycles. The van der Waals surface area contributed by atoms with Gasteiger partial charge in [0, 0.05) is 5.41 Å². The first-order valence-corrected chi connectivity index (χ1v) is 11.0. The summed E-state index contributed by atoms with van der Waals surface area (Å²) in [4.78, 5) is 24.3. The minimum Gasteiger partial charge on any atom is -0.478 e. The van der Waals surface area contributed by atoms with Gasteiger partial charge in [0.05, 0.1) is 11.1 Å². The van der Waals surface area contributed by atoms with E-state index in [-0.39, 0.29) is 5.41 Å². The number of hydrogen-bond donors (Lipinski definition) is 2. The van der Waals surface area contributed by atoms with Crippen LogP contribution in [0.5, 0.6) is 0 Å². The quantitative estimate of drug-likeness (QED) is 0.503. The normalized spacial score (nSPS) is 22.6. The number of carboxylic acids is 2. The van der Waals surface area contributed by atoms with Crippen molar-refractivity contribution in [2.24, 2.45) is 0 Å². The highest BCUT2D eigenvalue weighted by atomic mass is 16.4. The molecule has 3 rings (SSSR count). The number of carboxylic acid groups (broad SMARTS) is 2. The van der Waals surface area contributed by atoms with Crippen molar-refractivity contribution in [3.8, 4) is 0 Å². The number of aromatic carboxylic acids is 2. The molecule has 0 bridgehead atoms. The van der Waals surface area contributed by atoms with Gasteiger partial charge in [-0.3, -0.25) is 0 Å². The lowest BCUT2D eigenvalue weighted by Crippen LogP contribution is -2.30. The number of hydrogen-bond acceptors (Lipinski definition) is 2. The maximum absolute atomic E-state index is 12.2. The Morgan fingerprint density at radius 1 is 0.833 bits per heavy atom. The first-order chi connectivity index (χ1) is 14.3. The van der Waals surface area contributed by atoms with Crippen molar-refractivity contribution in [2.45, 2.75) is 76.5 Å². The van der Waals surface area contributed by atoms with Gasteiger partial charge in [0.1, 0.15) is 0 Å². The van der Waals surface area contributed by atoms with Crippen molar-refractivity contribution in [1.82, 2.24) is 0 Å². The highest BCUT2D eigenvalue weighted by Gasteiger charge is 2.52. The van der Waals surface area contributed by atoms with E-state index in [2.05, 4.69) is 20.8 Å². The predicted molar refractivity (Wildman–Crippen MR) is 119 cm³/mol. The molecule has 4 heteroatoms. The topological polar surface area (TPSA) is 74.6 Å². The molecular formula is C26H32O4. The van der Waals surface area contributed by atoms with Crippen LogP contribution in [0.2, 0.25) is 0 Å². The van der Waals surface area contributed by atoms with Crippen molar-refractivity contribution < 1.29 is 19.8 Å². The van der Waals surface area contributed by atoms with Crippen molar-refractivity contribution in [3.63, 3.8) is 0 Å². The minimum atomic E-state index is -0.931. The third-order valence-electron chi connectivity index (χ3n) is 6.82. The van der Waals surface area contributed by atoms with Crippen LogP contribution in [0.4, 0.5) is 0 Å². The van der Waals surface area contributed by atoms with Gasteiger partial charge in [-0.15, -0.1) is 0 Å². The summed E-state index contributed by atoms with van der Waals surface area (Å²) in [5, 5.41) is 19.9. The van der Waals surface area contributed by atoms with E-state index in [1.807, 2.05) is 24.3 Å². The number of unbranched alkanes of at least 4 members (excludes halogenated alkanes) is 2. The zero-order valence-electron chi connectivity index (χ0n) is 18.2. The molecule has 0 saturated heterocycles. The van der Waals surface area contributed by atoms with Crippen LogP contribution in [0.1, 0.15) is 103 Å². The summed E-state index contributed by atoms with van der Waals surface area (Å²) in [6.45, 7) is 6.45. The highest BCUT2D eigenvalue weighted by molar-refractivity contribution is 5.92. The summed E-state index contributed by atoms with van der Waals surface area (Å²) in [6, 6.07) is 12.8. The van der Waals surface area contributed by atoms with E-state index in [1.165, 1.54) is 0 Å². The van der Waals surface area contributed by atoms with E-state index in [0.717, 1.165) is 61.6 Å². The van der Waals surface area contributed by atoms with Gasteiger partial charge in [-0.2, -0.15) is 0 Å². The van der Waals surface area contributed by atoms with Crippen molar-refractivity contribution in [3.05, 3.63) is 70.3 Å². The third-order valence-corrected chi connectivity index (χ3v) is 6.82. The van der Waals surface area contributed by atoms with Crippen LogP contribution < -0.4 is 0 Å². The van der Waals surface area contributed by atoms with Crippen LogP contribution in [0.3, 0.4) is 0 Å². The monoisotopic (exact) mass is 408 g/mol. The Kier molecular flexibility index (Phi) is 6.35. The maximum atomic E-state index is 12.2. The average molecular weight is 409 g/mol. The average Bonchev–Trinajstić information content (AvgIpc) is 3.00.